The second kappa shape index (κ2) is 6.00. The molecular formula is C15H15NO3. The minimum atomic E-state index is -0.891. The molecule has 0 aliphatic heterocycles. The summed E-state index contributed by atoms with van der Waals surface area (Å²) in [4.78, 5) is 15.3. The molecule has 0 saturated carbocycles. The second-order valence-corrected chi connectivity index (χ2v) is 4.25. The summed E-state index contributed by atoms with van der Waals surface area (Å²) in [5, 5.41) is 9.33. The van der Waals surface area contributed by atoms with Gasteiger partial charge in [-0.1, -0.05) is 24.3 Å². The Hall–Kier alpha value is -2.36. The van der Waals surface area contributed by atoms with Gasteiger partial charge in [-0.2, -0.15) is 0 Å². The third kappa shape index (κ3) is 3.31. The van der Waals surface area contributed by atoms with Crippen LogP contribution in [0.5, 0.6) is 5.75 Å². The zero-order chi connectivity index (χ0) is 13.7. The first kappa shape index (κ1) is 13.1. The van der Waals surface area contributed by atoms with Crippen LogP contribution in [0.3, 0.4) is 0 Å². The van der Waals surface area contributed by atoms with Gasteiger partial charge in [-0.3, -0.25) is 9.78 Å². The molecule has 4 heteroatoms. The Morgan fingerprint density at radius 2 is 2.11 bits per heavy atom. The Labute approximate surface area is 111 Å². The maximum Gasteiger partial charge on any atom is 0.314 e. The highest BCUT2D eigenvalue weighted by Crippen LogP contribution is 2.21. The molecule has 0 bridgehead atoms. The van der Waals surface area contributed by atoms with Crippen LogP contribution in [0.25, 0.3) is 0 Å². The molecular weight excluding hydrogens is 242 g/mol. The number of ether oxygens (including phenoxy) is 1. The molecule has 19 heavy (non-hydrogen) atoms. The van der Waals surface area contributed by atoms with Crippen LogP contribution >= 0.6 is 0 Å². The van der Waals surface area contributed by atoms with Crippen molar-refractivity contribution in [2.45, 2.75) is 12.8 Å². The molecule has 0 fully saturated rings. The first-order valence-electron chi connectivity index (χ1n) is 5.99. The van der Waals surface area contributed by atoms with Crippen molar-refractivity contribution in [2.75, 3.05) is 6.61 Å². The Bertz CT molecular complexity index is 554. The van der Waals surface area contributed by atoms with Gasteiger partial charge >= 0.3 is 5.97 Å². The normalized spacial score (nSPS) is 11.8. The fourth-order valence-electron chi connectivity index (χ4n) is 1.88. The van der Waals surface area contributed by atoms with Crippen LogP contribution in [0.15, 0.2) is 48.8 Å². The van der Waals surface area contributed by atoms with Crippen LogP contribution in [0.1, 0.15) is 17.0 Å². The third-order valence-electron chi connectivity index (χ3n) is 2.91. The number of carboxylic acids is 1. The largest absolute Gasteiger partial charge is 0.491 e. The van der Waals surface area contributed by atoms with Gasteiger partial charge in [0.2, 0.25) is 0 Å². The number of rotatable bonds is 5. The van der Waals surface area contributed by atoms with Crippen LogP contribution in [-0.2, 0) is 4.79 Å². The first-order valence-corrected chi connectivity index (χ1v) is 5.99. The number of nitrogens with zero attached hydrogens (tertiary/aromatic N) is 1. The molecule has 0 saturated heterocycles. The first-order chi connectivity index (χ1) is 9.18. The summed E-state index contributed by atoms with van der Waals surface area (Å²) in [6, 6.07) is 10.9. The number of hydrogen-bond donors (Lipinski definition) is 1. The molecule has 0 amide bonds. The number of aliphatic carboxylic acids is 1. The van der Waals surface area contributed by atoms with Gasteiger partial charge in [-0.25, -0.2) is 0 Å². The Kier molecular flexibility index (Phi) is 4.13. The number of carboxylic acid groups (broad SMARTS) is 1. The summed E-state index contributed by atoms with van der Waals surface area (Å²) in [7, 11) is 0. The minimum absolute atomic E-state index is 0.0892. The SMILES string of the molecule is Cc1ccccc1C(COc1cccnc1)C(=O)O. The smallest absolute Gasteiger partial charge is 0.314 e. The zero-order valence-electron chi connectivity index (χ0n) is 10.6. The molecule has 0 aliphatic carbocycles. The van der Waals surface area contributed by atoms with Gasteiger partial charge in [0.05, 0.1) is 6.20 Å². The lowest BCUT2D eigenvalue weighted by Gasteiger charge is -2.16. The van der Waals surface area contributed by atoms with Gasteiger partial charge in [0.15, 0.2) is 0 Å². The minimum Gasteiger partial charge on any atom is -0.491 e. The van der Waals surface area contributed by atoms with Gasteiger partial charge in [0, 0.05) is 6.20 Å². The number of pyridine rings is 1. The van der Waals surface area contributed by atoms with E-state index in [1.54, 1.807) is 24.5 Å². The molecule has 0 radical (unpaired) electrons. The fourth-order valence-corrected chi connectivity index (χ4v) is 1.88. The number of aromatic nitrogens is 1. The molecule has 4 nitrogen and oxygen atoms in total. The van der Waals surface area contributed by atoms with E-state index >= 15 is 0 Å². The van der Waals surface area contributed by atoms with E-state index < -0.39 is 11.9 Å². The van der Waals surface area contributed by atoms with Gasteiger partial charge in [0.1, 0.15) is 18.3 Å². The number of hydrogen-bond acceptors (Lipinski definition) is 3. The van der Waals surface area contributed by atoms with Crippen molar-refractivity contribution < 1.29 is 14.6 Å². The topological polar surface area (TPSA) is 59.4 Å². The van der Waals surface area contributed by atoms with E-state index in [2.05, 4.69) is 4.98 Å². The lowest BCUT2D eigenvalue weighted by molar-refractivity contribution is -0.139. The standard InChI is InChI=1S/C15H15NO3/c1-11-5-2-3-7-13(11)14(15(17)18)10-19-12-6-4-8-16-9-12/h2-9,14H,10H2,1H3,(H,17,18). The summed E-state index contributed by atoms with van der Waals surface area (Å²) < 4.78 is 5.50. The summed E-state index contributed by atoms with van der Waals surface area (Å²) in [6.45, 7) is 1.99. The molecule has 1 atom stereocenters. The van der Waals surface area contributed by atoms with E-state index in [4.69, 9.17) is 4.74 Å². The number of carbonyl (C=O) groups is 1. The summed E-state index contributed by atoms with van der Waals surface area (Å²) >= 11 is 0. The highest BCUT2D eigenvalue weighted by molar-refractivity contribution is 5.76. The lowest BCUT2D eigenvalue weighted by atomic mass is 9.96. The van der Waals surface area contributed by atoms with E-state index in [0.717, 1.165) is 11.1 Å². The second-order valence-electron chi connectivity index (χ2n) is 4.25. The zero-order valence-corrected chi connectivity index (χ0v) is 10.6. The monoisotopic (exact) mass is 257 g/mol. The number of benzene rings is 1. The van der Waals surface area contributed by atoms with Gasteiger partial charge in [0.25, 0.3) is 0 Å². The predicted molar refractivity (Wildman–Crippen MR) is 71.3 cm³/mol. The highest BCUT2D eigenvalue weighted by Gasteiger charge is 2.22. The summed E-state index contributed by atoms with van der Waals surface area (Å²) in [6.07, 6.45) is 3.21. The number of aryl methyl sites for hydroxylation is 1. The van der Waals surface area contributed by atoms with E-state index in [0.29, 0.717) is 5.75 Å². The van der Waals surface area contributed by atoms with E-state index in [9.17, 15) is 9.90 Å². The van der Waals surface area contributed by atoms with Gasteiger partial charge < -0.3 is 9.84 Å². The Morgan fingerprint density at radius 3 is 2.74 bits per heavy atom. The molecule has 98 valence electrons. The summed E-state index contributed by atoms with van der Waals surface area (Å²) in [5.41, 5.74) is 1.73. The molecule has 1 N–H and O–H groups in total. The predicted octanol–water partition coefficient (Wildman–Crippen LogP) is 2.64. The average Bonchev–Trinajstić information content (AvgIpc) is 2.42. The maximum atomic E-state index is 11.4. The molecule has 1 aromatic heterocycles. The van der Waals surface area contributed by atoms with Crippen LogP contribution < -0.4 is 4.74 Å². The lowest BCUT2D eigenvalue weighted by Crippen LogP contribution is -2.20. The van der Waals surface area contributed by atoms with Gasteiger partial charge in [-0.05, 0) is 30.2 Å². The maximum absolute atomic E-state index is 11.4. The van der Waals surface area contributed by atoms with Crippen molar-refractivity contribution in [1.82, 2.24) is 4.98 Å². The third-order valence-corrected chi connectivity index (χ3v) is 2.91. The molecule has 0 aliphatic rings. The van der Waals surface area contributed by atoms with Crippen LogP contribution in [0.2, 0.25) is 0 Å². The van der Waals surface area contributed by atoms with Crippen molar-refractivity contribution in [3.8, 4) is 5.75 Å². The van der Waals surface area contributed by atoms with Crippen LogP contribution in [-0.4, -0.2) is 22.7 Å². The van der Waals surface area contributed by atoms with Crippen molar-refractivity contribution in [3.05, 3.63) is 59.9 Å². The quantitative estimate of drug-likeness (QED) is 0.894. The van der Waals surface area contributed by atoms with Crippen molar-refractivity contribution in [1.29, 1.82) is 0 Å². The van der Waals surface area contributed by atoms with Gasteiger partial charge in [-0.15, -0.1) is 0 Å². The van der Waals surface area contributed by atoms with E-state index in [-0.39, 0.29) is 6.61 Å². The van der Waals surface area contributed by atoms with Crippen molar-refractivity contribution in [3.63, 3.8) is 0 Å². The van der Waals surface area contributed by atoms with E-state index in [1.165, 1.54) is 0 Å². The average molecular weight is 257 g/mol. The Balaban J connectivity index is 2.14. The van der Waals surface area contributed by atoms with E-state index in [1.807, 2.05) is 31.2 Å². The molecule has 2 rings (SSSR count). The fraction of sp³-hybridized carbons (Fsp3) is 0.200. The van der Waals surface area contributed by atoms with Crippen LogP contribution in [0.4, 0.5) is 0 Å². The molecule has 1 unspecified atom stereocenters. The molecule has 2 aromatic rings. The Morgan fingerprint density at radius 1 is 1.32 bits per heavy atom. The molecule has 1 heterocycles. The van der Waals surface area contributed by atoms with Crippen molar-refractivity contribution in [2.24, 2.45) is 0 Å². The molecule has 1 aromatic carbocycles. The molecule has 0 spiro atoms. The van der Waals surface area contributed by atoms with Crippen LogP contribution in [0, 0.1) is 6.92 Å². The summed E-state index contributed by atoms with van der Waals surface area (Å²) in [5.74, 6) is -0.998. The highest BCUT2D eigenvalue weighted by atomic mass is 16.5. The van der Waals surface area contributed by atoms with Crippen molar-refractivity contribution >= 4 is 5.97 Å².